The summed E-state index contributed by atoms with van der Waals surface area (Å²) in [6, 6.07) is 4.77. The van der Waals surface area contributed by atoms with E-state index in [1.165, 1.54) is 6.07 Å². The summed E-state index contributed by atoms with van der Waals surface area (Å²) in [6.45, 7) is 5.96. The Balaban J connectivity index is 2.86. The third-order valence-corrected chi connectivity index (χ3v) is 3.64. The van der Waals surface area contributed by atoms with Crippen molar-refractivity contribution in [2.75, 3.05) is 13.7 Å². The van der Waals surface area contributed by atoms with E-state index in [-0.39, 0.29) is 11.8 Å². The number of esters is 1. The van der Waals surface area contributed by atoms with Crippen molar-refractivity contribution in [3.8, 4) is 0 Å². The summed E-state index contributed by atoms with van der Waals surface area (Å²) in [6.07, 6.45) is 0. The molecule has 0 heterocycles. The topological polar surface area (TPSA) is 29.5 Å². The second kappa shape index (κ2) is 6.48. The van der Waals surface area contributed by atoms with E-state index in [4.69, 9.17) is 4.74 Å². The lowest BCUT2D eigenvalue weighted by atomic mass is 10.0. The minimum absolute atomic E-state index is 0.283. The van der Waals surface area contributed by atoms with E-state index in [1.54, 1.807) is 44.9 Å². The summed E-state index contributed by atoms with van der Waals surface area (Å²) < 4.78 is 19.6. The van der Waals surface area contributed by atoms with Crippen molar-refractivity contribution in [1.29, 1.82) is 0 Å². The molecule has 0 amide bonds. The van der Waals surface area contributed by atoms with E-state index >= 15 is 0 Å². The maximum atomic E-state index is 13.7. The minimum Gasteiger partial charge on any atom is -0.465 e. The van der Waals surface area contributed by atoms with Crippen molar-refractivity contribution in [3.05, 3.63) is 34.1 Å². The molecule has 1 aromatic rings. The van der Waals surface area contributed by atoms with Crippen LogP contribution in [0.2, 0.25) is 0 Å². The molecule has 19 heavy (non-hydrogen) atoms. The lowest BCUT2D eigenvalue weighted by molar-refractivity contribution is -0.155. The Kier molecular flexibility index (Phi) is 5.50. The van der Waals surface area contributed by atoms with Crippen LogP contribution in [0, 0.1) is 5.82 Å². The smallest absolute Gasteiger partial charge is 0.325 e. The predicted octanol–water partition coefficient (Wildman–Crippen LogP) is 3.36. The highest BCUT2D eigenvalue weighted by atomic mass is 79.9. The Labute approximate surface area is 121 Å². The van der Waals surface area contributed by atoms with E-state index in [9.17, 15) is 9.18 Å². The molecule has 1 rings (SSSR count). The molecule has 0 spiro atoms. The molecule has 0 radical (unpaired) electrons. The molecule has 0 fully saturated rings. The molecular formula is C14H19BrFNO2. The van der Waals surface area contributed by atoms with Crippen molar-refractivity contribution in [2.24, 2.45) is 0 Å². The SMILES string of the molecule is CCOC(=O)C(C)(C)N(C)Cc1cc(Br)ccc1F. The van der Waals surface area contributed by atoms with Gasteiger partial charge in [0.15, 0.2) is 0 Å². The summed E-state index contributed by atoms with van der Waals surface area (Å²) in [4.78, 5) is 13.7. The molecule has 106 valence electrons. The minimum atomic E-state index is -0.801. The highest BCUT2D eigenvalue weighted by Crippen LogP contribution is 2.21. The maximum absolute atomic E-state index is 13.7. The van der Waals surface area contributed by atoms with Crippen LogP contribution in [0.5, 0.6) is 0 Å². The number of rotatable bonds is 5. The fourth-order valence-corrected chi connectivity index (χ4v) is 1.99. The zero-order valence-electron chi connectivity index (χ0n) is 11.7. The van der Waals surface area contributed by atoms with Gasteiger partial charge in [-0.25, -0.2) is 4.39 Å². The molecule has 1 aromatic carbocycles. The molecule has 0 aromatic heterocycles. The molecule has 5 heteroatoms. The second-order valence-corrected chi connectivity index (χ2v) is 5.79. The van der Waals surface area contributed by atoms with Crippen LogP contribution in [-0.2, 0) is 16.1 Å². The van der Waals surface area contributed by atoms with Crippen LogP contribution in [0.25, 0.3) is 0 Å². The predicted molar refractivity (Wildman–Crippen MR) is 76.3 cm³/mol. The number of halogens is 2. The lowest BCUT2D eigenvalue weighted by Crippen LogP contribution is -2.48. The monoisotopic (exact) mass is 331 g/mol. The maximum Gasteiger partial charge on any atom is 0.325 e. The number of hydrogen-bond acceptors (Lipinski definition) is 3. The van der Waals surface area contributed by atoms with E-state index in [0.29, 0.717) is 18.7 Å². The fourth-order valence-electron chi connectivity index (χ4n) is 1.58. The summed E-state index contributed by atoms with van der Waals surface area (Å²) in [5.74, 6) is -0.595. The first-order valence-electron chi connectivity index (χ1n) is 6.11. The summed E-state index contributed by atoms with van der Waals surface area (Å²) in [7, 11) is 1.78. The average Bonchev–Trinajstić information content (AvgIpc) is 2.34. The number of likely N-dealkylation sites (N-methyl/N-ethyl adjacent to an activating group) is 1. The van der Waals surface area contributed by atoms with Crippen molar-refractivity contribution in [1.82, 2.24) is 4.90 Å². The number of carbonyl (C=O) groups is 1. The van der Waals surface area contributed by atoms with Crippen molar-refractivity contribution >= 4 is 21.9 Å². The van der Waals surface area contributed by atoms with Gasteiger partial charge in [-0.1, -0.05) is 15.9 Å². The summed E-state index contributed by atoms with van der Waals surface area (Å²) in [5.41, 5.74) is -0.264. The average molecular weight is 332 g/mol. The molecule has 0 saturated heterocycles. The van der Waals surface area contributed by atoms with Crippen molar-refractivity contribution < 1.29 is 13.9 Å². The molecule has 0 aliphatic rings. The number of ether oxygens (including phenoxy) is 1. The van der Waals surface area contributed by atoms with Gasteiger partial charge >= 0.3 is 5.97 Å². The van der Waals surface area contributed by atoms with Crippen LogP contribution in [0.4, 0.5) is 4.39 Å². The van der Waals surface area contributed by atoms with Crippen LogP contribution in [0.1, 0.15) is 26.3 Å². The molecule has 0 bridgehead atoms. The van der Waals surface area contributed by atoms with Gasteiger partial charge in [0.25, 0.3) is 0 Å². The van der Waals surface area contributed by atoms with E-state index < -0.39 is 5.54 Å². The number of carbonyl (C=O) groups excluding carboxylic acids is 1. The molecular weight excluding hydrogens is 313 g/mol. The van der Waals surface area contributed by atoms with Crippen LogP contribution < -0.4 is 0 Å². The third kappa shape index (κ3) is 4.01. The zero-order chi connectivity index (χ0) is 14.6. The third-order valence-electron chi connectivity index (χ3n) is 3.14. The fraction of sp³-hybridized carbons (Fsp3) is 0.500. The van der Waals surface area contributed by atoms with Gasteiger partial charge in [-0.2, -0.15) is 0 Å². The Hall–Kier alpha value is -0.940. The number of benzene rings is 1. The van der Waals surface area contributed by atoms with Crippen LogP contribution in [0.3, 0.4) is 0 Å². The normalized spacial score (nSPS) is 11.7. The van der Waals surface area contributed by atoms with Crippen molar-refractivity contribution in [2.45, 2.75) is 32.9 Å². The largest absolute Gasteiger partial charge is 0.465 e. The molecule has 0 aliphatic heterocycles. The van der Waals surface area contributed by atoms with E-state index in [0.717, 1.165) is 4.47 Å². The summed E-state index contributed by atoms with van der Waals surface area (Å²) >= 11 is 3.31. The van der Waals surface area contributed by atoms with E-state index in [1.807, 2.05) is 0 Å². The van der Waals surface area contributed by atoms with Gasteiger partial charge in [0.2, 0.25) is 0 Å². The molecule has 0 unspecified atom stereocenters. The summed E-state index contributed by atoms with van der Waals surface area (Å²) in [5, 5.41) is 0. The molecule has 0 N–H and O–H groups in total. The second-order valence-electron chi connectivity index (χ2n) is 4.87. The van der Waals surface area contributed by atoms with Gasteiger partial charge in [0.05, 0.1) is 6.61 Å². The van der Waals surface area contributed by atoms with Crippen LogP contribution >= 0.6 is 15.9 Å². The standard InChI is InChI=1S/C14H19BrFNO2/c1-5-19-13(18)14(2,3)17(4)9-10-8-11(15)6-7-12(10)16/h6-8H,5,9H2,1-4H3. The lowest BCUT2D eigenvalue weighted by Gasteiger charge is -2.33. The molecule has 3 nitrogen and oxygen atoms in total. The van der Waals surface area contributed by atoms with Gasteiger partial charge in [-0.05, 0) is 46.0 Å². The molecule has 0 aliphatic carbocycles. The van der Waals surface area contributed by atoms with Gasteiger partial charge in [-0.15, -0.1) is 0 Å². The quantitative estimate of drug-likeness (QED) is 0.775. The van der Waals surface area contributed by atoms with E-state index in [2.05, 4.69) is 15.9 Å². The Morgan fingerprint density at radius 2 is 2.11 bits per heavy atom. The Morgan fingerprint density at radius 1 is 1.47 bits per heavy atom. The highest BCUT2D eigenvalue weighted by molar-refractivity contribution is 9.10. The van der Waals surface area contributed by atoms with Crippen LogP contribution in [0.15, 0.2) is 22.7 Å². The zero-order valence-corrected chi connectivity index (χ0v) is 13.3. The van der Waals surface area contributed by atoms with Gasteiger partial charge in [0, 0.05) is 16.6 Å². The Morgan fingerprint density at radius 3 is 2.68 bits per heavy atom. The highest BCUT2D eigenvalue weighted by Gasteiger charge is 2.34. The molecule has 0 saturated carbocycles. The van der Waals surface area contributed by atoms with Crippen LogP contribution in [-0.4, -0.2) is 30.1 Å². The first-order valence-corrected chi connectivity index (χ1v) is 6.90. The Bertz CT molecular complexity index is 463. The molecule has 0 atom stereocenters. The first kappa shape index (κ1) is 16.1. The first-order chi connectivity index (χ1) is 8.78. The van der Waals surface area contributed by atoms with Gasteiger partial charge in [-0.3, -0.25) is 9.69 Å². The van der Waals surface area contributed by atoms with Gasteiger partial charge in [0.1, 0.15) is 11.4 Å². The number of nitrogens with zero attached hydrogens (tertiary/aromatic N) is 1. The van der Waals surface area contributed by atoms with Crippen molar-refractivity contribution in [3.63, 3.8) is 0 Å². The van der Waals surface area contributed by atoms with Gasteiger partial charge < -0.3 is 4.74 Å². The number of hydrogen-bond donors (Lipinski definition) is 0.